The molecule has 19 heavy (non-hydrogen) atoms. The molecule has 0 spiro atoms. The topological polar surface area (TPSA) is 480 Å². The van der Waals surface area contributed by atoms with Gasteiger partial charge in [-0.25, -0.2) is 0 Å². The summed E-state index contributed by atoms with van der Waals surface area (Å²) in [5.41, 5.74) is 0. The van der Waals surface area contributed by atoms with Gasteiger partial charge in [-0.1, -0.05) is 0 Å². The standard InChI is InChI=1S/4Mo.2H3N.13H2O/h;;;;2*1H3;13*1H2. The van der Waals surface area contributed by atoms with Crippen molar-refractivity contribution in [2.24, 2.45) is 0 Å². The van der Waals surface area contributed by atoms with Crippen LogP contribution in [0.4, 0.5) is 0 Å². The van der Waals surface area contributed by atoms with Gasteiger partial charge >= 0.3 is 0 Å². The van der Waals surface area contributed by atoms with Gasteiger partial charge in [-0.05, 0) is 0 Å². The van der Waals surface area contributed by atoms with Crippen molar-refractivity contribution in [1.82, 2.24) is 12.3 Å². The van der Waals surface area contributed by atoms with E-state index in [0.717, 1.165) is 0 Å². The van der Waals surface area contributed by atoms with Crippen LogP contribution in [0.15, 0.2) is 0 Å². The summed E-state index contributed by atoms with van der Waals surface area (Å²) in [7, 11) is 0. The summed E-state index contributed by atoms with van der Waals surface area (Å²) in [5, 5.41) is 0. The van der Waals surface area contributed by atoms with Crippen molar-refractivity contribution < 1.29 is 155 Å². The first kappa shape index (κ1) is 1850. The number of hydrogen-bond acceptors (Lipinski definition) is 2. The third-order valence-electron chi connectivity index (χ3n) is 0. The van der Waals surface area contributed by atoms with E-state index in [4.69, 9.17) is 0 Å². The van der Waals surface area contributed by atoms with Gasteiger partial charge in [0.25, 0.3) is 0 Å². The molecule has 0 fully saturated rings. The van der Waals surface area contributed by atoms with Crippen molar-refractivity contribution in [3.8, 4) is 0 Å². The quantitative estimate of drug-likeness (QED) is 0.241. The molecule has 0 unspecified atom stereocenters. The zero-order valence-electron chi connectivity index (χ0n) is 10.0. The van der Waals surface area contributed by atoms with Gasteiger partial charge in [0.05, 0.1) is 0 Å². The van der Waals surface area contributed by atoms with E-state index in [1.807, 2.05) is 0 Å². The Kier molecular flexibility index (Phi) is 156000. The summed E-state index contributed by atoms with van der Waals surface area (Å²) in [5.74, 6) is 0. The Morgan fingerprint density at radius 2 is 0.211 bits per heavy atom. The molecule has 0 saturated carbocycles. The molecule has 0 aromatic heterocycles. The van der Waals surface area contributed by atoms with Gasteiger partial charge in [0.15, 0.2) is 0 Å². The van der Waals surface area contributed by atoms with Gasteiger partial charge in [0.1, 0.15) is 0 Å². The van der Waals surface area contributed by atoms with E-state index >= 15 is 0 Å². The fourth-order valence-corrected chi connectivity index (χ4v) is 0. The Bertz CT molecular complexity index is 22.6. The van der Waals surface area contributed by atoms with Crippen molar-refractivity contribution in [1.29, 1.82) is 0 Å². The minimum Gasteiger partial charge on any atom is -0.870 e. The molecule has 0 amide bonds. The van der Waals surface area contributed by atoms with Gasteiger partial charge in [0.2, 0.25) is 0 Å². The second kappa shape index (κ2) is 1590. The molecule has 19 heteroatoms. The molecule has 0 aliphatic carbocycles. The van der Waals surface area contributed by atoms with Crippen LogP contribution in [0.5, 0.6) is 0 Å². The van der Waals surface area contributed by atoms with Crippen LogP contribution >= 0.6 is 0 Å². The number of hydrogen-bond donors (Lipinski definition) is 2. The zero-order chi connectivity index (χ0) is 0. The van der Waals surface area contributed by atoms with Gasteiger partial charge in [-0.15, -0.1) is 0 Å². The van der Waals surface area contributed by atoms with Crippen molar-refractivity contribution in [2.45, 2.75) is 0 Å². The van der Waals surface area contributed by atoms with Crippen LogP contribution in [0.25, 0.3) is 0 Å². The first-order chi connectivity index (χ1) is 0. The van der Waals surface area contributed by atoms with Crippen molar-refractivity contribution in [2.75, 3.05) is 0 Å². The minimum absolute atomic E-state index is 0. The molecule has 0 aromatic carbocycles. The third kappa shape index (κ3) is 1430. The predicted octanol–water partition coefficient (Wildman–Crippen LogP) is -8.68. The Morgan fingerprint density at radius 1 is 0.211 bits per heavy atom. The predicted molar refractivity (Wildman–Crippen MR) is 55.6 cm³/mol. The maximum atomic E-state index is 0. The molecule has 32 N–H and O–H groups in total. The van der Waals surface area contributed by atoms with E-state index in [-0.39, 0.29) is 168 Å². The van der Waals surface area contributed by atoms with E-state index < -0.39 is 0 Å². The van der Waals surface area contributed by atoms with Crippen LogP contribution in [0.3, 0.4) is 0 Å². The van der Waals surface area contributed by atoms with Crippen LogP contribution < -0.4 is 12.3 Å². The summed E-state index contributed by atoms with van der Waals surface area (Å²) in [6.45, 7) is 0. The smallest absolute Gasteiger partial charge is 0 e. The summed E-state index contributed by atoms with van der Waals surface area (Å²) in [6.07, 6.45) is 0. The molecule has 0 aliphatic rings. The van der Waals surface area contributed by atoms with Crippen molar-refractivity contribution >= 4 is 0 Å². The first-order valence-electron chi connectivity index (χ1n) is 0. The van der Waals surface area contributed by atoms with E-state index in [1.54, 1.807) is 0 Å². The average Bonchev–Trinajstić information content (AvgIpc) is 0. The van der Waals surface area contributed by atoms with Crippen molar-refractivity contribution in [3.63, 3.8) is 0 Å². The van der Waals surface area contributed by atoms with Crippen LogP contribution in [0.2, 0.25) is 0 Å². The van der Waals surface area contributed by atoms with Crippen molar-refractivity contribution in [3.05, 3.63) is 0 Å². The molecule has 0 rings (SSSR count). The van der Waals surface area contributed by atoms with E-state index in [0.29, 0.717) is 0 Å². The maximum Gasteiger partial charge on any atom is 0 e. The second-order valence-electron chi connectivity index (χ2n) is 0. The molecule has 15 nitrogen and oxygen atoms in total. The van der Waals surface area contributed by atoms with E-state index in [9.17, 15) is 0 Å². The molecule has 0 aliphatic heterocycles. The molecule has 0 radical (unpaired) electrons. The van der Waals surface area contributed by atoms with Gasteiger partial charge in [-0.2, -0.15) is 0 Å². The zero-order valence-corrected chi connectivity index (χ0v) is 18.1. The molecular formula is H32Mo4N2O13. The molecular weight excluding hydrogens is 620 g/mol. The van der Waals surface area contributed by atoms with E-state index in [2.05, 4.69) is 0 Å². The monoisotopic (exact) mass is 660 g/mol. The molecule has 0 heterocycles. The average molecular weight is 652 g/mol. The normalized spacial score (nSPS) is 0. The summed E-state index contributed by atoms with van der Waals surface area (Å²) in [6, 6.07) is 0. The van der Waals surface area contributed by atoms with Gasteiger partial charge in [0, 0.05) is 84.3 Å². The fourth-order valence-electron chi connectivity index (χ4n) is 0. The maximum absolute atomic E-state index is 0. The van der Waals surface area contributed by atoms with Gasteiger partial charge < -0.3 is 83.5 Å². The van der Waals surface area contributed by atoms with Crippen LogP contribution in [0.1, 0.15) is 0 Å². The molecule has 0 saturated heterocycles. The molecule has 0 aromatic rings. The molecule has 0 bridgehead atoms. The third-order valence-corrected chi connectivity index (χ3v) is 0. The number of quaternary nitrogens is 2. The van der Waals surface area contributed by atoms with Crippen LogP contribution in [-0.4, -0.2) is 71.2 Å². The van der Waals surface area contributed by atoms with Crippen LogP contribution in [0, 0.1) is 0 Å². The largest absolute Gasteiger partial charge is 0.870 e. The van der Waals surface area contributed by atoms with Crippen LogP contribution in [-0.2, 0) is 84.3 Å². The Morgan fingerprint density at radius 3 is 0.211 bits per heavy atom. The summed E-state index contributed by atoms with van der Waals surface area (Å²) in [4.78, 5) is 0. The summed E-state index contributed by atoms with van der Waals surface area (Å²) >= 11 is 0. The Labute approximate surface area is 166 Å². The summed E-state index contributed by atoms with van der Waals surface area (Å²) < 4.78 is 0. The molecule has 0 atom stereocenters. The Hall–Kier alpha value is 2.15. The number of rotatable bonds is 0. The minimum atomic E-state index is 0. The first-order valence-corrected chi connectivity index (χ1v) is 0. The SMILES string of the molecule is O.O.O.O.O.O.O.O.O.O.O.[Mo].[Mo].[Mo].[Mo].[NH4+].[NH4+].[OH-].[OH-]. The van der Waals surface area contributed by atoms with Gasteiger partial charge in [-0.3, -0.25) is 0 Å². The molecule has 144 valence electrons. The Balaban J connectivity index is 0. The fraction of sp³-hybridized carbons (Fsp3) is 0. The second-order valence-corrected chi connectivity index (χ2v) is 0. The van der Waals surface area contributed by atoms with E-state index in [1.165, 1.54) is 0 Å².